The van der Waals surface area contributed by atoms with Crippen molar-refractivity contribution < 1.29 is 56.2 Å². The lowest BCUT2D eigenvalue weighted by Gasteiger charge is -2.41. The van der Waals surface area contributed by atoms with Gasteiger partial charge in [0.25, 0.3) is 0 Å². The fourth-order valence-electron chi connectivity index (χ4n) is 7.91. The molecule has 0 radical (unpaired) electrons. The Kier molecular flexibility index (Phi) is 44.1. The number of allylic oxidation sites excluding steroid dienone is 14. The maximum Gasteiger partial charge on any atom is 0.397 e. The molecule has 1 rings (SSSR count). The average Bonchev–Trinajstić information content (AvgIpc) is 3.34. The molecule has 0 aromatic carbocycles. The number of hydrogen-bond acceptors (Lipinski definition) is 11. The van der Waals surface area contributed by atoms with E-state index in [-0.39, 0.29) is 19.6 Å². The lowest BCUT2D eigenvalue weighted by atomic mass is 9.99. The summed E-state index contributed by atoms with van der Waals surface area (Å²) in [5, 5.41) is 30.8. The van der Waals surface area contributed by atoms with Crippen LogP contribution in [-0.4, -0.2) is 97.5 Å². The van der Waals surface area contributed by atoms with Crippen molar-refractivity contribution in [1.82, 2.24) is 0 Å². The zero-order chi connectivity index (χ0) is 51.0. The molecule has 1 saturated heterocycles. The minimum atomic E-state index is -5.08. The van der Waals surface area contributed by atoms with Crippen LogP contribution in [0.3, 0.4) is 0 Å². The molecule has 404 valence electrons. The smallest absolute Gasteiger partial charge is 0.397 e. The number of aliphatic hydroxyl groups is 3. The van der Waals surface area contributed by atoms with Crippen LogP contribution in [0.4, 0.5) is 0 Å². The fourth-order valence-corrected chi connectivity index (χ4v) is 8.41. The molecule has 0 aromatic heterocycles. The Labute approximate surface area is 425 Å². The van der Waals surface area contributed by atoms with Crippen molar-refractivity contribution in [2.24, 2.45) is 0 Å². The molecule has 0 aromatic rings. The third kappa shape index (κ3) is 39.8. The summed E-state index contributed by atoms with van der Waals surface area (Å²) in [5.74, 6) is -0.413. The minimum Gasteiger partial charge on any atom is -0.457 e. The molecule has 12 nitrogen and oxygen atoms in total. The lowest BCUT2D eigenvalue weighted by Crippen LogP contribution is -2.60. The van der Waals surface area contributed by atoms with Crippen molar-refractivity contribution in [3.8, 4) is 0 Å². The number of esters is 1. The molecular formula is C57H98O12S. The molecule has 6 unspecified atom stereocenters. The zero-order valence-electron chi connectivity index (χ0n) is 43.6. The Morgan fingerprint density at radius 3 is 1.44 bits per heavy atom. The van der Waals surface area contributed by atoms with Gasteiger partial charge >= 0.3 is 16.4 Å². The highest BCUT2D eigenvalue weighted by Gasteiger charge is 2.48. The molecule has 1 heterocycles. The third-order valence-corrected chi connectivity index (χ3v) is 12.5. The summed E-state index contributed by atoms with van der Waals surface area (Å²) < 4.78 is 59.3. The van der Waals surface area contributed by atoms with E-state index in [4.69, 9.17) is 18.9 Å². The first kappa shape index (κ1) is 65.3. The van der Waals surface area contributed by atoms with Crippen molar-refractivity contribution in [3.63, 3.8) is 0 Å². The van der Waals surface area contributed by atoms with Gasteiger partial charge in [0.15, 0.2) is 6.29 Å². The minimum absolute atomic E-state index is 0.0137. The first-order valence-corrected chi connectivity index (χ1v) is 28.7. The van der Waals surface area contributed by atoms with E-state index < -0.39 is 59.8 Å². The molecule has 13 heteroatoms. The van der Waals surface area contributed by atoms with E-state index >= 15 is 0 Å². The van der Waals surface area contributed by atoms with Gasteiger partial charge in [-0.1, -0.05) is 195 Å². The van der Waals surface area contributed by atoms with Gasteiger partial charge in [0.2, 0.25) is 0 Å². The molecule has 4 N–H and O–H groups in total. The molecule has 0 aliphatic carbocycles. The van der Waals surface area contributed by atoms with Crippen LogP contribution in [0.1, 0.15) is 206 Å². The predicted octanol–water partition coefficient (Wildman–Crippen LogP) is 13.2. The number of carbonyl (C=O) groups is 1. The van der Waals surface area contributed by atoms with Gasteiger partial charge in [-0.2, -0.15) is 8.42 Å². The Bertz CT molecular complexity index is 1540. The first-order chi connectivity index (χ1) is 34.1. The second-order valence-corrected chi connectivity index (χ2v) is 19.5. The maximum atomic E-state index is 12.9. The number of aliphatic hydroxyl groups excluding tert-OH is 3. The normalized spacial score (nSPS) is 19.8. The fraction of sp³-hybridized carbons (Fsp3) is 0.737. The molecule has 1 aliphatic heterocycles. The zero-order valence-corrected chi connectivity index (χ0v) is 44.4. The maximum absolute atomic E-state index is 12.9. The summed E-state index contributed by atoms with van der Waals surface area (Å²) in [6.07, 6.45) is 54.7. The van der Waals surface area contributed by atoms with E-state index in [0.717, 1.165) is 89.9 Å². The SMILES string of the molecule is CC/C=C\C/C=C\C/C=C\C/C=C\C/C=C\CCCCCCOCC(COC1OC(CO)C(O)C(OS(=O)(=O)O)C1O)OC(=O)CCCCCCCCCCCCC/C=C\C/C=C\CCCCCCC. The van der Waals surface area contributed by atoms with Gasteiger partial charge in [0, 0.05) is 13.0 Å². The Morgan fingerprint density at radius 2 is 0.986 bits per heavy atom. The summed E-state index contributed by atoms with van der Waals surface area (Å²) in [4.78, 5) is 12.9. The highest BCUT2D eigenvalue weighted by Crippen LogP contribution is 2.26. The van der Waals surface area contributed by atoms with E-state index in [2.05, 4.69) is 103 Å². The summed E-state index contributed by atoms with van der Waals surface area (Å²) in [6.45, 7) is 3.81. The van der Waals surface area contributed by atoms with E-state index in [1.165, 1.54) is 89.9 Å². The van der Waals surface area contributed by atoms with E-state index in [1.54, 1.807) is 0 Å². The molecule has 70 heavy (non-hydrogen) atoms. The van der Waals surface area contributed by atoms with Gasteiger partial charge in [0.1, 0.15) is 30.5 Å². The van der Waals surface area contributed by atoms with Gasteiger partial charge < -0.3 is 34.3 Å². The molecule has 0 saturated carbocycles. The molecule has 6 atom stereocenters. The van der Waals surface area contributed by atoms with Gasteiger partial charge in [-0.3, -0.25) is 9.35 Å². The van der Waals surface area contributed by atoms with Crippen LogP contribution in [0.25, 0.3) is 0 Å². The van der Waals surface area contributed by atoms with Gasteiger partial charge in [0.05, 0.1) is 19.8 Å². The summed E-state index contributed by atoms with van der Waals surface area (Å²) >= 11 is 0. The third-order valence-electron chi connectivity index (χ3n) is 12.0. The standard InChI is InChI=1S/C57H98O12S/c1-3-5-7-9-11-13-15-17-19-21-23-25-26-27-28-30-32-34-36-38-40-42-44-46-53(59)67-51(50-66-57-55(61)56(69-70(62,63)64)54(60)52(48-58)68-57)49-65-47-45-43-41-39-37-35-33-31-29-24-22-20-18-16-14-12-10-8-6-4-2/h6,8,12,14-15,17-18,20-21,23-24,29,33,35,51-52,54-58,60-61H,3-5,7,9-11,13,16,19,22,25-28,30-32,34,36-50H2,1-2H3,(H,62,63,64)/b8-6-,14-12-,17-15-,20-18-,23-21-,29-24-,35-33-. The van der Waals surface area contributed by atoms with Crippen molar-refractivity contribution in [1.29, 1.82) is 0 Å². The van der Waals surface area contributed by atoms with E-state index in [1.807, 2.05) is 0 Å². The largest absolute Gasteiger partial charge is 0.457 e. The molecular weight excluding hydrogens is 909 g/mol. The first-order valence-electron chi connectivity index (χ1n) is 27.3. The second-order valence-electron chi connectivity index (χ2n) is 18.4. The van der Waals surface area contributed by atoms with Crippen molar-refractivity contribution in [3.05, 3.63) is 85.1 Å². The van der Waals surface area contributed by atoms with Crippen LogP contribution in [0.2, 0.25) is 0 Å². The Balaban J connectivity index is 2.36. The van der Waals surface area contributed by atoms with Crippen molar-refractivity contribution in [2.75, 3.05) is 26.4 Å². The molecule has 1 fully saturated rings. The van der Waals surface area contributed by atoms with Crippen LogP contribution >= 0.6 is 0 Å². The molecule has 0 spiro atoms. The van der Waals surface area contributed by atoms with Crippen LogP contribution < -0.4 is 0 Å². The van der Waals surface area contributed by atoms with Crippen LogP contribution in [0.15, 0.2) is 85.1 Å². The van der Waals surface area contributed by atoms with Gasteiger partial charge in [-0.25, -0.2) is 4.18 Å². The molecule has 1 aliphatic rings. The van der Waals surface area contributed by atoms with Crippen molar-refractivity contribution >= 4 is 16.4 Å². The van der Waals surface area contributed by atoms with Crippen LogP contribution in [-0.2, 0) is 38.3 Å². The topological polar surface area (TPSA) is 178 Å². The highest BCUT2D eigenvalue weighted by atomic mass is 32.3. The number of hydrogen-bond donors (Lipinski definition) is 4. The lowest BCUT2D eigenvalue weighted by molar-refractivity contribution is -0.301. The van der Waals surface area contributed by atoms with E-state index in [9.17, 15) is 33.1 Å². The van der Waals surface area contributed by atoms with Crippen LogP contribution in [0.5, 0.6) is 0 Å². The second kappa shape index (κ2) is 47.3. The van der Waals surface area contributed by atoms with E-state index in [0.29, 0.717) is 13.0 Å². The Hall–Kier alpha value is -2.72. The quantitative estimate of drug-likeness (QED) is 0.0197. The summed E-state index contributed by atoms with van der Waals surface area (Å²) in [7, 11) is -5.08. The molecule has 0 amide bonds. The monoisotopic (exact) mass is 1010 g/mol. The predicted molar refractivity (Wildman–Crippen MR) is 285 cm³/mol. The van der Waals surface area contributed by atoms with Gasteiger partial charge in [-0.05, 0) is 89.9 Å². The summed E-state index contributed by atoms with van der Waals surface area (Å²) in [5.41, 5.74) is 0. The summed E-state index contributed by atoms with van der Waals surface area (Å²) in [6, 6.07) is 0. The number of unbranched alkanes of at least 4 members (excludes halogenated alkanes) is 20. The highest BCUT2D eigenvalue weighted by molar-refractivity contribution is 7.80. The number of rotatable bonds is 47. The average molecular weight is 1010 g/mol. The number of ether oxygens (including phenoxy) is 4. The van der Waals surface area contributed by atoms with Gasteiger partial charge in [-0.15, -0.1) is 0 Å². The van der Waals surface area contributed by atoms with Crippen molar-refractivity contribution in [2.45, 2.75) is 243 Å². The number of carbonyl (C=O) groups excluding carboxylic acids is 1. The molecule has 0 bridgehead atoms. The Morgan fingerprint density at radius 1 is 0.557 bits per heavy atom. The van der Waals surface area contributed by atoms with Crippen LogP contribution in [0, 0.1) is 0 Å².